The van der Waals surface area contributed by atoms with Gasteiger partial charge in [-0.15, -0.1) is 12.4 Å². The minimum absolute atomic E-state index is 0. The minimum Gasteiger partial charge on any atom is -0.373 e. The summed E-state index contributed by atoms with van der Waals surface area (Å²) >= 11 is 0. The van der Waals surface area contributed by atoms with Crippen LogP contribution in [0.15, 0.2) is 24.3 Å². The van der Waals surface area contributed by atoms with Crippen molar-refractivity contribution < 1.29 is 4.74 Å². The fourth-order valence-electron chi connectivity index (χ4n) is 2.75. The summed E-state index contributed by atoms with van der Waals surface area (Å²) in [5, 5.41) is 3.26. The zero-order valence-electron chi connectivity index (χ0n) is 16.7. The molecule has 2 nitrogen and oxygen atoms in total. The topological polar surface area (TPSA) is 21.3 Å². The molecule has 1 aromatic carbocycles. The van der Waals surface area contributed by atoms with Crippen LogP contribution in [0.5, 0.6) is 0 Å². The van der Waals surface area contributed by atoms with Crippen LogP contribution in [0.1, 0.15) is 66.0 Å². The molecule has 0 spiro atoms. The zero-order chi connectivity index (χ0) is 17.5. The highest BCUT2D eigenvalue weighted by atomic mass is 35.5. The number of hydrogen-bond donors (Lipinski definition) is 1. The molecule has 1 aliphatic rings. The molecule has 24 heavy (non-hydrogen) atoms. The Hall–Kier alpha value is -0.570. The molecule has 0 amide bonds. The zero-order valence-corrected chi connectivity index (χ0v) is 17.5. The first kappa shape index (κ1) is 23.4. The van der Waals surface area contributed by atoms with Gasteiger partial charge in [0.2, 0.25) is 0 Å². The average Bonchev–Trinajstić information content (AvgIpc) is 2.47. The van der Waals surface area contributed by atoms with Crippen molar-refractivity contribution in [2.75, 3.05) is 13.1 Å². The largest absolute Gasteiger partial charge is 0.373 e. The molecular weight excluding hydrogens is 318 g/mol. The Bertz CT molecular complexity index is 434. The van der Waals surface area contributed by atoms with Crippen molar-refractivity contribution in [1.82, 2.24) is 5.32 Å². The molecule has 0 bridgehead atoms. The molecule has 1 fully saturated rings. The second-order valence-electron chi connectivity index (χ2n) is 7.95. The molecule has 1 N–H and O–H groups in total. The standard InChI is InChI=1S/C15H24.C6H13NO.ClH/c1-6-15(4,5)14-9-7-13(8-10-14)11-12(2)3;1-5-3-7-4-6(2)8-5;/h7-10,12H,6,11H2,1-5H3;5-7H,3-4H2,1-2H3;1H. The van der Waals surface area contributed by atoms with Crippen molar-refractivity contribution in [2.24, 2.45) is 5.92 Å². The Labute approximate surface area is 156 Å². The van der Waals surface area contributed by atoms with Gasteiger partial charge in [0.1, 0.15) is 0 Å². The van der Waals surface area contributed by atoms with Gasteiger partial charge in [-0.3, -0.25) is 0 Å². The number of benzene rings is 1. The predicted molar refractivity (Wildman–Crippen MR) is 108 cm³/mol. The van der Waals surface area contributed by atoms with E-state index in [0.717, 1.165) is 19.0 Å². The minimum atomic E-state index is 0. The molecule has 1 aliphatic heterocycles. The molecule has 0 aliphatic carbocycles. The summed E-state index contributed by atoms with van der Waals surface area (Å²) in [7, 11) is 0. The number of morpholine rings is 1. The van der Waals surface area contributed by atoms with Gasteiger partial charge in [0.25, 0.3) is 0 Å². The lowest BCUT2D eigenvalue weighted by molar-refractivity contribution is -0.0166. The SMILES string of the molecule is CC1CNCC(C)O1.CCC(C)(C)c1ccc(CC(C)C)cc1.Cl. The molecule has 0 saturated carbocycles. The predicted octanol–water partition coefficient (Wildman–Crippen LogP) is 5.38. The first-order valence-electron chi connectivity index (χ1n) is 9.20. The van der Waals surface area contributed by atoms with Gasteiger partial charge in [-0.1, -0.05) is 58.9 Å². The highest BCUT2D eigenvalue weighted by Crippen LogP contribution is 2.26. The average molecular weight is 356 g/mol. The van der Waals surface area contributed by atoms with Gasteiger partial charge in [-0.05, 0) is 49.1 Å². The summed E-state index contributed by atoms with van der Waals surface area (Å²) in [4.78, 5) is 0. The maximum Gasteiger partial charge on any atom is 0.0675 e. The molecule has 2 atom stereocenters. The fourth-order valence-corrected chi connectivity index (χ4v) is 2.75. The summed E-state index contributed by atoms with van der Waals surface area (Å²) in [5.74, 6) is 0.745. The maximum atomic E-state index is 5.42. The molecule has 1 aromatic rings. The van der Waals surface area contributed by atoms with E-state index < -0.39 is 0 Å². The van der Waals surface area contributed by atoms with E-state index in [1.165, 1.54) is 24.0 Å². The summed E-state index contributed by atoms with van der Waals surface area (Å²) in [6, 6.07) is 9.15. The summed E-state index contributed by atoms with van der Waals surface area (Å²) in [6.45, 7) is 17.6. The van der Waals surface area contributed by atoms with Crippen molar-refractivity contribution in [3.63, 3.8) is 0 Å². The Morgan fingerprint density at radius 2 is 1.58 bits per heavy atom. The van der Waals surface area contributed by atoms with Crippen LogP contribution in [-0.4, -0.2) is 25.3 Å². The van der Waals surface area contributed by atoms with Gasteiger partial charge in [0.15, 0.2) is 0 Å². The van der Waals surface area contributed by atoms with Gasteiger partial charge in [-0.25, -0.2) is 0 Å². The molecule has 2 unspecified atom stereocenters. The third kappa shape index (κ3) is 8.50. The van der Waals surface area contributed by atoms with E-state index in [1.807, 2.05) is 0 Å². The van der Waals surface area contributed by atoms with Gasteiger partial charge in [0, 0.05) is 13.1 Å². The first-order chi connectivity index (χ1) is 10.7. The molecular formula is C21H38ClNO. The third-order valence-corrected chi connectivity index (χ3v) is 4.59. The number of ether oxygens (including phenoxy) is 1. The number of nitrogens with one attached hydrogen (secondary N) is 1. The maximum absolute atomic E-state index is 5.42. The normalized spacial score (nSPS) is 20.8. The first-order valence-corrected chi connectivity index (χ1v) is 9.20. The van der Waals surface area contributed by atoms with Crippen LogP contribution in [0.2, 0.25) is 0 Å². The van der Waals surface area contributed by atoms with Crippen molar-refractivity contribution in [1.29, 1.82) is 0 Å². The molecule has 0 aromatic heterocycles. The molecule has 1 saturated heterocycles. The Kier molecular flexibility index (Phi) is 10.9. The quantitative estimate of drug-likeness (QED) is 0.783. The van der Waals surface area contributed by atoms with Crippen LogP contribution >= 0.6 is 12.4 Å². The highest BCUT2D eigenvalue weighted by molar-refractivity contribution is 5.85. The van der Waals surface area contributed by atoms with E-state index in [4.69, 9.17) is 4.74 Å². The summed E-state index contributed by atoms with van der Waals surface area (Å²) in [5.41, 5.74) is 3.23. The van der Waals surface area contributed by atoms with Gasteiger partial charge >= 0.3 is 0 Å². The van der Waals surface area contributed by atoms with Crippen molar-refractivity contribution in [3.8, 4) is 0 Å². The van der Waals surface area contributed by atoms with Crippen LogP contribution in [0.4, 0.5) is 0 Å². The van der Waals surface area contributed by atoms with Gasteiger partial charge in [-0.2, -0.15) is 0 Å². The molecule has 1 heterocycles. The molecule has 0 radical (unpaired) electrons. The van der Waals surface area contributed by atoms with Crippen molar-refractivity contribution in [3.05, 3.63) is 35.4 Å². The Morgan fingerprint density at radius 3 is 1.92 bits per heavy atom. The molecule has 2 rings (SSSR count). The van der Waals surface area contributed by atoms with Gasteiger partial charge < -0.3 is 10.1 Å². The van der Waals surface area contributed by atoms with E-state index in [9.17, 15) is 0 Å². The Morgan fingerprint density at radius 1 is 1.08 bits per heavy atom. The van der Waals surface area contributed by atoms with E-state index in [0.29, 0.717) is 17.6 Å². The van der Waals surface area contributed by atoms with Gasteiger partial charge in [0.05, 0.1) is 12.2 Å². The van der Waals surface area contributed by atoms with Crippen LogP contribution in [0.3, 0.4) is 0 Å². The van der Waals surface area contributed by atoms with Crippen molar-refractivity contribution in [2.45, 2.75) is 78.9 Å². The lowest BCUT2D eigenvalue weighted by atomic mass is 9.82. The lowest BCUT2D eigenvalue weighted by Gasteiger charge is -2.25. The lowest BCUT2D eigenvalue weighted by Crippen LogP contribution is -2.41. The van der Waals surface area contributed by atoms with Crippen LogP contribution in [0, 0.1) is 5.92 Å². The number of rotatable bonds is 4. The second kappa shape index (κ2) is 11.1. The molecule has 3 heteroatoms. The van der Waals surface area contributed by atoms with Crippen LogP contribution < -0.4 is 5.32 Å². The fraction of sp³-hybridized carbons (Fsp3) is 0.714. The third-order valence-electron chi connectivity index (χ3n) is 4.59. The summed E-state index contributed by atoms with van der Waals surface area (Å²) in [6.07, 6.45) is 3.18. The van der Waals surface area contributed by atoms with E-state index in [2.05, 4.69) is 78.0 Å². The van der Waals surface area contributed by atoms with Crippen LogP contribution in [-0.2, 0) is 16.6 Å². The smallest absolute Gasteiger partial charge is 0.0675 e. The second-order valence-corrected chi connectivity index (χ2v) is 7.95. The summed E-state index contributed by atoms with van der Waals surface area (Å²) < 4.78 is 5.42. The van der Waals surface area contributed by atoms with E-state index in [-0.39, 0.29) is 12.4 Å². The number of hydrogen-bond acceptors (Lipinski definition) is 2. The van der Waals surface area contributed by atoms with Crippen LogP contribution in [0.25, 0.3) is 0 Å². The van der Waals surface area contributed by atoms with E-state index >= 15 is 0 Å². The van der Waals surface area contributed by atoms with E-state index in [1.54, 1.807) is 0 Å². The van der Waals surface area contributed by atoms with Crippen molar-refractivity contribution >= 4 is 12.4 Å². The highest BCUT2D eigenvalue weighted by Gasteiger charge is 2.17. The Balaban J connectivity index is 0.000000498. The monoisotopic (exact) mass is 355 g/mol. The number of halogens is 1. The molecule has 140 valence electrons.